The first-order valence-electron chi connectivity index (χ1n) is 12.6. The Balaban J connectivity index is 1.57. The van der Waals surface area contributed by atoms with E-state index >= 15 is 0 Å². The van der Waals surface area contributed by atoms with Crippen LogP contribution >= 0.6 is 0 Å². The summed E-state index contributed by atoms with van der Waals surface area (Å²) in [5.41, 5.74) is 2.53. The van der Waals surface area contributed by atoms with E-state index in [0.29, 0.717) is 62.4 Å². The topological polar surface area (TPSA) is 132 Å². The van der Waals surface area contributed by atoms with Crippen LogP contribution in [-0.4, -0.2) is 82.0 Å². The zero-order chi connectivity index (χ0) is 26.2. The molecule has 0 aliphatic carbocycles. The van der Waals surface area contributed by atoms with Crippen molar-refractivity contribution in [2.45, 2.75) is 32.7 Å². The number of ether oxygens (including phenoxy) is 2. The van der Waals surface area contributed by atoms with E-state index < -0.39 is 6.61 Å². The van der Waals surface area contributed by atoms with Crippen molar-refractivity contribution in [3.05, 3.63) is 40.9 Å². The standard InChI is InChI=1S/C26H34N6O5/c1-3-11-37-12-10-32-21-13-20(19-4-5-22(36-2)27-15-19)16-29-24(21)30-25(26(32)35)28-14-18-6-8-31(9-7-18)23(34)17-33/h4-5,13,15-16,18,33H,3,6-12,14,17H2,1-2H3,(H,28,29,30). The lowest BCUT2D eigenvalue weighted by Crippen LogP contribution is -2.41. The largest absolute Gasteiger partial charge is 0.481 e. The van der Waals surface area contributed by atoms with Crippen molar-refractivity contribution in [3.8, 4) is 17.0 Å². The second-order valence-electron chi connectivity index (χ2n) is 9.05. The number of piperidine rings is 1. The third-order valence-corrected chi connectivity index (χ3v) is 6.55. The maximum absolute atomic E-state index is 13.5. The maximum Gasteiger partial charge on any atom is 0.293 e. The summed E-state index contributed by atoms with van der Waals surface area (Å²) in [5, 5.41) is 12.3. The summed E-state index contributed by atoms with van der Waals surface area (Å²) in [7, 11) is 1.57. The van der Waals surface area contributed by atoms with Gasteiger partial charge in [-0.2, -0.15) is 0 Å². The number of aromatic nitrogens is 4. The lowest BCUT2D eigenvalue weighted by Gasteiger charge is -2.31. The molecular formula is C26H34N6O5. The fraction of sp³-hybridized carbons (Fsp3) is 0.500. The molecule has 1 saturated heterocycles. The number of carbonyl (C=O) groups is 1. The number of aliphatic hydroxyl groups excluding tert-OH is 1. The van der Waals surface area contributed by atoms with E-state index in [-0.39, 0.29) is 17.3 Å². The Morgan fingerprint density at radius 1 is 1.16 bits per heavy atom. The van der Waals surface area contributed by atoms with Crippen molar-refractivity contribution >= 4 is 22.9 Å². The summed E-state index contributed by atoms with van der Waals surface area (Å²) >= 11 is 0. The van der Waals surface area contributed by atoms with Crippen LogP contribution in [0.5, 0.6) is 5.88 Å². The number of fused-ring (bicyclic) bond motifs is 1. The number of nitrogens with one attached hydrogen (secondary N) is 1. The lowest BCUT2D eigenvalue weighted by atomic mass is 9.97. The number of hydrogen-bond acceptors (Lipinski definition) is 9. The third-order valence-electron chi connectivity index (χ3n) is 6.55. The van der Waals surface area contributed by atoms with Crippen LogP contribution in [0.3, 0.4) is 0 Å². The van der Waals surface area contributed by atoms with Crippen molar-refractivity contribution in [1.82, 2.24) is 24.4 Å². The number of rotatable bonds is 11. The summed E-state index contributed by atoms with van der Waals surface area (Å²) in [6.45, 7) is 4.74. The number of amides is 1. The first-order valence-corrected chi connectivity index (χ1v) is 12.6. The van der Waals surface area contributed by atoms with Gasteiger partial charge in [-0.1, -0.05) is 6.92 Å². The summed E-state index contributed by atoms with van der Waals surface area (Å²) in [4.78, 5) is 40.2. The summed E-state index contributed by atoms with van der Waals surface area (Å²) in [6, 6.07) is 5.57. The molecule has 0 atom stereocenters. The molecule has 2 N–H and O–H groups in total. The number of hydrogen-bond donors (Lipinski definition) is 2. The zero-order valence-electron chi connectivity index (χ0n) is 21.4. The van der Waals surface area contributed by atoms with Crippen LogP contribution < -0.4 is 15.6 Å². The molecule has 0 bridgehead atoms. The maximum atomic E-state index is 13.5. The molecular weight excluding hydrogens is 476 g/mol. The van der Waals surface area contributed by atoms with E-state index in [1.54, 1.807) is 35.0 Å². The Kier molecular flexibility index (Phi) is 9.02. The normalized spacial score (nSPS) is 14.2. The van der Waals surface area contributed by atoms with E-state index in [1.807, 2.05) is 19.1 Å². The Morgan fingerprint density at radius 3 is 2.62 bits per heavy atom. The first kappa shape index (κ1) is 26.5. The Morgan fingerprint density at radius 2 is 1.95 bits per heavy atom. The SMILES string of the molecule is CCCOCCn1c(=O)c(NCC2CCN(C(=O)CO)CC2)nc2ncc(-c3ccc(OC)nc3)cc21. The van der Waals surface area contributed by atoms with Gasteiger partial charge in [-0.15, -0.1) is 0 Å². The average molecular weight is 511 g/mol. The van der Waals surface area contributed by atoms with Crippen LogP contribution in [0.2, 0.25) is 0 Å². The van der Waals surface area contributed by atoms with Crippen molar-refractivity contribution in [2.24, 2.45) is 5.92 Å². The highest BCUT2D eigenvalue weighted by molar-refractivity contribution is 5.79. The van der Waals surface area contributed by atoms with Gasteiger partial charge in [0.25, 0.3) is 5.56 Å². The molecule has 4 rings (SSSR count). The highest BCUT2D eigenvalue weighted by Gasteiger charge is 2.23. The minimum Gasteiger partial charge on any atom is -0.481 e. The van der Waals surface area contributed by atoms with E-state index in [4.69, 9.17) is 14.6 Å². The van der Waals surface area contributed by atoms with Gasteiger partial charge < -0.3 is 24.8 Å². The third kappa shape index (κ3) is 6.41. The monoisotopic (exact) mass is 510 g/mol. The van der Waals surface area contributed by atoms with Crippen LogP contribution in [0.1, 0.15) is 26.2 Å². The number of anilines is 1. The average Bonchev–Trinajstić information content (AvgIpc) is 2.95. The first-order chi connectivity index (χ1) is 18.0. The fourth-order valence-corrected chi connectivity index (χ4v) is 4.42. The molecule has 37 heavy (non-hydrogen) atoms. The molecule has 3 aromatic rings. The Hall–Kier alpha value is -3.57. The molecule has 11 nitrogen and oxygen atoms in total. The number of carbonyl (C=O) groups excluding carboxylic acids is 1. The minimum atomic E-state index is -0.463. The molecule has 11 heteroatoms. The number of nitrogens with zero attached hydrogens (tertiary/aromatic N) is 5. The second-order valence-corrected chi connectivity index (χ2v) is 9.05. The molecule has 0 radical (unpaired) electrons. The van der Waals surface area contributed by atoms with Crippen molar-refractivity contribution in [2.75, 3.05) is 51.9 Å². The molecule has 1 fully saturated rings. The van der Waals surface area contributed by atoms with Crippen LogP contribution in [0.4, 0.5) is 5.82 Å². The number of likely N-dealkylation sites (tertiary alicyclic amines) is 1. The van der Waals surface area contributed by atoms with Crippen LogP contribution in [0.25, 0.3) is 22.3 Å². The van der Waals surface area contributed by atoms with Gasteiger partial charge in [0.15, 0.2) is 11.5 Å². The van der Waals surface area contributed by atoms with E-state index in [2.05, 4.69) is 20.3 Å². The van der Waals surface area contributed by atoms with Gasteiger partial charge in [-0.25, -0.2) is 15.0 Å². The number of pyridine rings is 2. The summed E-state index contributed by atoms with van der Waals surface area (Å²) < 4.78 is 12.5. The van der Waals surface area contributed by atoms with Gasteiger partial charge in [0.05, 0.1) is 19.2 Å². The molecule has 3 aromatic heterocycles. The van der Waals surface area contributed by atoms with Crippen LogP contribution in [0.15, 0.2) is 35.4 Å². The summed E-state index contributed by atoms with van der Waals surface area (Å²) in [5.74, 6) is 0.819. The lowest BCUT2D eigenvalue weighted by molar-refractivity contribution is -0.135. The molecule has 0 saturated carbocycles. The van der Waals surface area contributed by atoms with Crippen molar-refractivity contribution in [3.63, 3.8) is 0 Å². The van der Waals surface area contributed by atoms with Gasteiger partial charge in [0.2, 0.25) is 11.8 Å². The van der Waals surface area contributed by atoms with E-state index in [1.165, 1.54) is 0 Å². The van der Waals surface area contributed by atoms with Crippen LogP contribution in [-0.2, 0) is 16.1 Å². The van der Waals surface area contributed by atoms with Crippen LogP contribution in [0, 0.1) is 5.92 Å². The molecule has 1 aliphatic rings. The van der Waals surface area contributed by atoms with Gasteiger partial charge in [-0.05, 0) is 37.3 Å². The fourth-order valence-electron chi connectivity index (χ4n) is 4.42. The molecule has 4 heterocycles. The number of methoxy groups -OCH3 is 1. The van der Waals surface area contributed by atoms with Gasteiger partial charge >= 0.3 is 0 Å². The molecule has 0 aromatic carbocycles. The van der Waals surface area contributed by atoms with E-state index in [9.17, 15) is 9.59 Å². The Bertz CT molecular complexity index is 1250. The predicted octanol–water partition coefficient (Wildman–Crippen LogP) is 1.93. The number of aliphatic hydroxyl groups is 1. The quantitative estimate of drug-likeness (QED) is 0.371. The summed E-state index contributed by atoms with van der Waals surface area (Å²) in [6.07, 6.45) is 5.92. The van der Waals surface area contributed by atoms with E-state index in [0.717, 1.165) is 30.4 Å². The van der Waals surface area contributed by atoms with Gasteiger partial charge in [-0.3, -0.25) is 14.2 Å². The Labute approximate surface area is 215 Å². The molecule has 0 spiro atoms. The molecule has 198 valence electrons. The second kappa shape index (κ2) is 12.6. The van der Waals surface area contributed by atoms with Gasteiger partial charge in [0, 0.05) is 62.4 Å². The van der Waals surface area contributed by atoms with Gasteiger partial charge in [0.1, 0.15) is 6.61 Å². The van der Waals surface area contributed by atoms with Crippen molar-refractivity contribution < 1.29 is 19.4 Å². The molecule has 0 unspecified atom stereocenters. The van der Waals surface area contributed by atoms with Crippen molar-refractivity contribution in [1.29, 1.82) is 0 Å². The predicted molar refractivity (Wildman–Crippen MR) is 140 cm³/mol. The highest BCUT2D eigenvalue weighted by atomic mass is 16.5. The highest BCUT2D eigenvalue weighted by Crippen LogP contribution is 2.23. The smallest absolute Gasteiger partial charge is 0.293 e. The molecule has 1 aliphatic heterocycles. The molecule has 1 amide bonds. The minimum absolute atomic E-state index is 0.229. The zero-order valence-corrected chi connectivity index (χ0v) is 21.4.